The number of carbonyl (C=O) groups excluding carboxylic acids is 1. The highest BCUT2D eigenvalue weighted by Crippen LogP contribution is 2.48. The van der Waals surface area contributed by atoms with Gasteiger partial charge in [-0.2, -0.15) is 10.1 Å². The third kappa shape index (κ3) is 6.30. The van der Waals surface area contributed by atoms with Crippen LogP contribution in [0.25, 0.3) is 11.2 Å². The van der Waals surface area contributed by atoms with Crippen molar-refractivity contribution in [1.29, 1.82) is 0 Å². The topological polar surface area (TPSA) is 191 Å². The largest absolute Gasteiger partial charge is 0.462 e. The molecule has 4 heterocycles. The van der Waals surface area contributed by atoms with Crippen LogP contribution in [0.3, 0.4) is 0 Å². The van der Waals surface area contributed by atoms with E-state index in [0.717, 1.165) is 0 Å². The van der Waals surface area contributed by atoms with Gasteiger partial charge in [0.2, 0.25) is 5.95 Å². The van der Waals surface area contributed by atoms with Gasteiger partial charge >= 0.3 is 13.7 Å². The van der Waals surface area contributed by atoms with E-state index in [0.29, 0.717) is 0 Å². The first-order chi connectivity index (χ1) is 19.3. The molecule has 2 saturated heterocycles. The molecule has 0 spiro atoms. The number of imidazole rings is 1. The van der Waals surface area contributed by atoms with Gasteiger partial charge in [-0.25, -0.2) is 9.55 Å². The standard InChI is InChI=1S/C25H33N6O9P/c1-13(2)36-23(33)14(3)30-41(34,40-15-9-7-6-8-10-15)35-11-16-18-19(39-25(4,5)38-18)22(37-16)31-12-27-17-20(31)28-24(26)29-21(17)32/h6-10,12-14,16,18-19,22H,11H2,1-5H3,(H,30,34)(H3,26,28,29,32)/t14-,16+,18?,19?,22?,41?/m0/s1. The molecule has 2 aromatic heterocycles. The molecule has 2 aliphatic heterocycles. The fraction of sp³-hybridized carbons (Fsp3) is 0.520. The number of hydrogen-bond acceptors (Lipinski definition) is 12. The molecule has 15 nitrogen and oxygen atoms in total. The number of fused-ring (bicyclic) bond motifs is 2. The summed E-state index contributed by atoms with van der Waals surface area (Å²) in [6.45, 7) is 8.14. The van der Waals surface area contributed by atoms with Gasteiger partial charge < -0.3 is 29.2 Å². The lowest BCUT2D eigenvalue weighted by Gasteiger charge is -2.27. The van der Waals surface area contributed by atoms with E-state index in [1.54, 1.807) is 58.0 Å². The van der Waals surface area contributed by atoms with Crippen molar-refractivity contribution in [2.75, 3.05) is 12.3 Å². The molecule has 0 aliphatic carbocycles. The van der Waals surface area contributed by atoms with Crippen LogP contribution in [0.4, 0.5) is 5.95 Å². The number of nitrogens with one attached hydrogen (secondary N) is 2. The molecule has 3 aromatic rings. The van der Waals surface area contributed by atoms with Gasteiger partial charge in [0.15, 0.2) is 23.2 Å². The van der Waals surface area contributed by atoms with Crippen LogP contribution in [-0.4, -0.2) is 68.3 Å². The van der Waals surface area contributed by atoms with E-state index >= 15 is 0 Å². The molecule has 2 aliphatic rings. The summed E-state index contributed by atoms with van der Waals surface area (Å²) in [5.74, 6) is -1.43. The molecule has 2 fully saturated rings. The molecule has 0 amide bonds. The second-order valence-corrected chi connectivity index (χ2v) is 12.1. The van der Waals surface area contributed by atoms with E-state index in [2.05, 4.69) is 20.0 Å². The van der Waals surface area contributed by atoms with Gasteiger partial charge in [-0.15, -0.1) is 0 Å². The molecular weight excluding hydrogens is 559 g/mol. The number of nitrogens with zero attached hydrogens (tertiary/aromatic N) is 3. The number of rotatable bonds is 10. The molecule has 5 rings (SSSR count). The number of aromatic amines is 1. The number of nitrogen functional groups attached to an aromatic ring is 1. The summed E-state index contributed by atoms with van der Waals surface area (Å²) < 4.78 is 50.8. The Balaban J connectivity index is 1.39. The van der Waals surface area contributed by atoms with E-state index in [4.69, 9.17) is 33.7 Å². The highest BCUT2D eigenvalue weighted by Gasteiger charge is 2.56. The molecular formula is C25H33N6O9P. The van der Waals surface area contributed by atoms with Crippen molar-refractivity contribution in [3.63, 3.8) is 0 Å². The summed E-state index contributed by atoms with van der Waals surface area (Å²) in [4.78, 5) is 35.6. The van der Waals surface area contributed by atoms with Gasteiger partial charge in [-0.1, -0.05) is 18.2 Å². The van der Waals surface area contributed by atoms with Crippen molar-refractivity contribution in [2.24, 2.45) is 0 Å². The smallest absolute Gasteiger partial charge is 0.459 e. The second kappa shape index (κ2) is 11.2. The van der Waals surface area contributed by atoms with Crippen molar-refractivity contribution < 1.29 is 37.4 Å². The van der Waals surface area contributed by atoms with Crippen LogP contribution >= 0.6 is 7.75 Å². The van der Waals surface area contributed by atoms with Crippen LogP contribution in [-0.2, 0) is 32.8 Å². The number of carbonyl (C=O) groups is 1. The first-order valence-corrected chi connectivity index (χ1v) is 14.6. The predicted octanol–water partition coefficient (Wildman–Crippen LogP) is 2.25. The molecule has 4 unspecified atom stereocenters. The number of ether oxygens (including phenoxy) is 4. The van der Waals surface area contributed by atoms with E-state index in [1.165, 1.54) is 17.8 Å². The lowest BCUT2D eigenvalue weighted by atomic mass is 10.1. The zero-order valence-electron chi connectivity index (χ0n) is 23.2. The Kier molecular flexibility index (Phi) is 7.94. The Hall–Kier alpha value is -3.33. The number of hydrogen-bond donors (Lipinski definition) is 3. The lowest BCUT2D eigenvalue weighted by molar-refractivity contribution is -0.199. The van der Waals surface area contributed by atoms with Gasteiger partial charge in [0.25, 0.3) is 5.56 Å². The SMILES string of the molecule is CC(C)OC(=O)[C@H](C)NP(=O)(OC[C@H]1OC(n2cnc3c(=O)[nH]c(N)nc32)C2OC(C)(C)OC21)Oc1ccccc1. The summed E-state index contributed by atoms with van der Waals surface area (Å²) in [5, 5.41) is 2.65. The second-order valence-electron chi connectivity index (χ2n) is 10.4. The van der Waals surface area contributed by atoms with E-state index in [-0.39, 0.29) is 35.6 Å². The van der Waals surface area contributed by atoms with Crippen LogP contribution in [0.2, 0.25) is 0 Å². The highest BCUT2D eigenvalue weighted by atomic mass is 31.2. The summed E-state index contributed by atoms with van der Waals surface area (Å²) in [6.07, 6.45) is -1.95. The average molecular weight is 593 g/mol. The third-order valence-corrected chi connectivity index (χ3v) is 7.93. The minimum atomic E-state index is -4.17. The molecule has 1 aromatic carbocycles. The third-order valence-electron chi connectivity index (χ3n) is 6.28. The number of H-pyrrole nitrogens is 1. The summed E-state index contributed by atoms with van der Waals surface area (Å²) in [7, 11) is -4.17. The van der Waals surface area contributed by atoms with Crippen LogP contribution in [0.5, 0.6) is 5.75 Å². The normalized spacial score (nSPS) is 25.6. The first kappa shape index (κ1) is 29.2. The monoisotopic (exact) mass is 592 g/mol. The van der Waals surface area contributed by atoms with Crippen LogP contribution in [0, 0.1) is 0 Å². The minimum Gasteiger partial charge on any atom is -0.462 e. The minimum absolute atomic E-state index is 0.0736. The highest BCUT2D eigenvalue weighted by molar-refractivity contribution is 7.52. The van der Waals surface area contributed by atoms with E-state index < -0.39 is 55.6 Å². The molecule has 4 N–H and O–H groups in total. The maximum atomic E-state index is 14.0. The molecule has 16 heteroatoms. The van der Waals surface area contributed by atoms with Crippen molar-refractivity contribution >= 4 is 30.8 Å². The molecule has 0 radical (unpaired) electrons. The maximum Gasteiger partial charge on any atom is 0.459 e. The van der Waals surface area contributed by atoms with Crippen LogP contribution in [0.15, 0.2) is 41.5 Å². The zero-order valence-corrected chi connectivity index (χ0v) is 24.1. The Labute approximate surface area is 235 Å². The molecule has 0 saturated carbocycles. The molecule has 0 bridgehead atoms. The quantitative estimate of drug-likeness (QED) is 0.230. The van der Waals surface area contributed by atoms with Gasteiger partial charge in [0.05, 0.1) is 19.0 Å². The summed E-state index contributed by atoms with van der Waals surface area (Å²) in [5.41, 5.74) is 5.54. The van der Waals surface area contributed by atoms with Gasteiger partial charge in [-0.3, -0.25) is 23.7 Å². The van der Waals surface area contributed by atoms with Crippen molar-refractivity contribution in [3.05, 3.63) is 47.0 Å². The fourth-order valence-electron chi connectivity index (χ4n) is 4.65. The number of benzene rings is 1. The predicted molar refractivity (Wildman–Crippen MR) is 145 cm³/mol. The number of esters is 1. The maximum absolute atomic E-state index is 14.0. The van der Waals surface area contributed by atoms with E-state index in [9.17, 15) is 14.2 Å². The van der Waals surface area contributed by atoms with Crippen molar-refractivity contribution in [2.45, 2.75) is 77.1 Å². The molecule has 41 heavy (non-hydrogen) atoms. The van der Waals surface area contributed by atoms with Crippen LogP contribution in [0.1, 0.15) is 40.8 Å². The van der Waals surface area contributed by atoms with Gasteiger partial charge in [-0.05, 0) is 46.8 Å². The van der Waals surface area contributed by atoms with Gasteiger partial charge in [0, 0.05) is 0 Å². The Morgan fingerprint density at radius 3 is 2.63 bits per heavy atom. The number of anilines is 1. The zero-order chi connectivity index (χ0) is 29.5. The van der Waals surface area contributed by atoms with E-state index in [1.807, 2.05) is 0 Å². The average Bonchev–Trinajstić information content (AvgIpc) is 3.53. The summed E-state index contributed by atoms with van der Waals surface area (Å²) >= 11 is 0. The first-order valence-electron chi connectivity index (χ1n) is 13.0. The Morgan fingerprint density at radius 1 is 1.22 bits per heavy atom. The number of aromatic nitrogens is 4. The number of nitrogens with two attached hydrogens (primary N) is 1. The van der Waals surface area contributed by atoms with Crippen molar-refractivity contribution in [3.8, 4) is 5.75 Å². The number of para-hydroxylation sites is 1. The van der Waals surface area contributed by atoms with Crippen LogP contribution < -0.4 is 20.9 Å². The van der Waals surface area contributed by atoms with Crippen molar-refractivity contribution in [1.82, 2.24) is 24.6 Å². The fourth-order valence-corrected chi connectivity index (χ4v) is 6.15. The Morgan fingerprint density at radius 2 is 1.93 bits per heavy atom. The molecule has 6 atom stereocenters. The Bertz CT molecular complexity index is 1510. The summed E-state index contributed by atoms with van der Waals surface area (Å²) in [6, 6.07) is 7.38. The lowest BCUT2D eigenvalue weighted by Crippen LogP contribution is -2.38. The molecule has 222 valence electrons. The van der Waals surface area contributed by atoms with Gasteiger partial charge in [0.1, 0.15) is 30.1 Å².